The Balaban J connectivity index is 1.45. The molecule has 1 N–H and O–H groups in total. The standard InChI is InChI=1S/C15H20BrNO3/c16-13-7-11(8-14-15(13)20-10-19-14)9-17-5-4-12-3-1-2-6-18-12/h7-8,12,17H,1-6,9-10H2. The van der Waals surface area contributed by atoms with Crippen molar-refractivity contribution in [3.05, 3.63) is 22.2 Å². The van der Waals surface area contributed by atoms with Gasteiger partial charge in [0.2, 0.25) is 6.79 Å². The number of hydrogen-bond acceptors (Lipinski definition) is 4. The van der Waals surface area contributed by atoms with Crippen LogP contribution in [0.4, 0.5) is 0 Å². The maximum atomic E-state index is 5.73. The Morgan fingerprint density at radius 1 is 1.25 bits per heavy atom. The van der Waals surface area contributed by atoms with Crippen molar-refractivity contribution in [2.24, 2.45) is 0 Å². The van der Waals surface area contributed by atoms with Crippen molar-refractivity contribution >= 4 is 15.9 Å². The minimum Gasteiger partial charge on any atom is -0.454 e. The van der Waals surface area contributed by atoms with Crippen molar-refractivity contribution in [1.82, 2.24) is 5.32 Å². The molecule has 110 valence electrons. The fraction of sp³-hybridized carbons (Fsp3) is 0.600. The average Bonchev–Trinajstić information content (AvgIpc) is 2.94. The number of rotatable bonds is 5. The summed E-state index contributed by atoms with van der Waals surface area (Å²) in [6.45, 7) is 3.06. The van der Waals surface area contributed by atoms with E-state index in [1.54, 1.807) is 0 Å². The first kappa shape index (κ1) is 14.2. The number of fused-ring (bicyclic) bond motifs is 1. The highest BCUT2D eigenvalue weighted by atomic mass is 79.9. The normalized spacial score (nSPS) is 21.1. The molecular formula is C15H20BrNO3. The van der Waals surface area contributed by atoms with Crippen LogP contribution in [0.2, 0.25) is 0 Å². The van der Waals surface area contributed by atoms with Gasteiger partial charge in [0.05, 0.1) is 10.6 Å². The highest BCUT2D eigenvalue weighted by molar-refractivity contribution is 9.10. The third kappa shape index (κ3) is 3.45. The number of ether oxygens (including phenoxy) is 3. The van der Waals surface area contributed by atoms with Crippen LogP contribution in [-0.4, -0.2) is 26.0 Å². The van der Waals surface area contributed by atoms with Crippen LogP contribution in [0.1, 0.15) is 31.2 Å². The topological polar surface area (TPSA) is 39.7 Å². The predicted molar refractivity (Wildman–Crippen MR) is 80.2 cm³/mol. The van der Waals surface area contributed by atoms with Gasteiger partial charge in [0.25, 0.3) is 0 Å². The number of benzene rings is 1. The molecule has 0 radical (unpaired) electrons. The molecule has 2 aliphatic rings. The summed E-state index contributed by atoms with van der Waals surface area (Å²) in [4.78, 5) is 0. The first-order valence-electron chi connectivity index (χ1n) is 7.23. The van der Waals surface area contributed by atoms with Crippen LogP contribution in [0.3, 0.4) is 0 Å². The first-order valence-corrected chi connectivity index (χ1v) is 8.02. The summed E-state index contributed by atoms with van der Waals surface area (Å²) in [6.07, 6.45) is 5.26. The van der Waals surface area contributed by atoms with E-state index in [2.05, 4.69) is 27.3 Å². The molecule has 3 rings (SSSR count). The lowest BCUT2D eigenvalue weighted by Crippen LogP contribution is -2.25. The molecule has 1 aromatic carbocycles. The largest absolute Gasteiger partial charge is 0.454 e. The molecule has 1 unspecified atom stereocenters. The molecule has 4 nitrogen and oxygen atoms in total. The average molecular weight is 342 g/mol. The second-order valence-electron chi connectivity index (χ2n) is 5.27. The van der Waals surface area contributed by atoms with Crippen LogP contribution in [0.25, 0.3) is 0 Å². The van der Waals surface area contributed by atoms with E-state index in [0.29, 0.717) is 12.9 Å². The zero-order valence-corrected chi connectivity index (χ0v) is 13.1. The zero-order valence-electron chi connectivity index (χ0n) is 11.5. The van der Waals surface area contributed by atoms with E-state index in [-0.39, 0.29) is 0 Å². The van der Waals surface area contributed by atoms with E-state index in [0.717, 1.165) is 42.1 Å². The quantitative estimate of drug-likeness (QED) is 0.834. The lowest BCUT2D eigenvalue weighted by molar-refractivity contribution is 0.0115. The number of hydrogen-bond donors (Lipinski definition) is 1. The SMILES string of the molecule is Brc1cc(CNCCC2CCCCO2)cc2c1OCO2. The van der Waals surface area contributed by atoms with E-state index < -0.39 is 0 Å². The Morgan fingerprint density at radius 3 is 3.05 bits per heavy atom. The van der Waals surface area contributed by atoms with Gasteiger partial charge >= 0.3 is 0 Å². The van der Waals surface area contributed by atoms with Crippen molar-refractivity contribution in [1.29, 1.82) is 0 Å². The van der Waals surface area contributed by atoms with Crippen molar-refractivity contribution in [3.63, 3.8) is 0 Å². The molecular weight excluding hydrogens is 322 g/mol. The second-order valence-corrected chi connectivity index (χ2v) is 6.12. The van der Waals surface area contributed by atoms with E-state index in [4.69, 9.17) is 14.2 Å². The summed E-state index contributed by atoms with van der Waals surface area (Å²) in [5.74, 6) is 1.64. The van der Waals surface area contributed by atoms with Crippen LogP contribution in [0, 0.1) is 0 Å². The van der Waals surface area contributed by atoms with Gasteiger partial charge in [-0.15, -0.1) is 0 Å². The Bertz CT molecular complexity index is 461. The molecule has 0 spiro atoms. The van der Waals surface area contributed by atoms with Crippen molar-refractivity contribution in [2.45, 2.75) is 38.3 Å². The molecule has 2 aliphatic heterocycles. The molecule has 0 bridgehead atoms. The van der Waals surface area contributed by atoms with E-state index in [1.165, 1.54) is 24.8 Å². The molecule has 1 atom stereocenters. The number of nitrogens with one attached hydrogen (secondary N) is 1. The zero-order chi connectivity index (χ0) is 13.8. The van der Waals surface area contributed by atoms with Crippen molar-refractivity contribution in [3.8, 4) is 11.5 Å². The van der Waals surface area contributed by atoms with Crippen LogP contribution in [-0.2, 0) is 11.3 Å². The molecule has 20 heavy (non-hydrogen) atoms. The van der Waals surface area contributed by atoms with Gasteiger partial charge in [0.15, 0.2) is 11.5 Å². The van der Waals surface area contributed by atoms with E-state index in [1.807, 2.05) is 6.07 Å². The summed E-state index contributed by atoms with van der Waals surface area (Å²) in [7, 11) is 0. The monoisotopic (exact) mass is 341 g/mol. The van der Waals surface area contributed by atoms with Crippen molar-refractivity contribution < 1.29 is 14.2 Å². The van der Waals surface area contributed by atoms with Gasteiger partial charge in [-0.3, -0.25) is 0 Å². The lowest BCUT2D eigenvalue weighted by atomic mass is 10.1. The molecule has 5 heteroatoms. The highest BCUT2D eigenvalue weighted by Crippen LogP contribution is 2.39. The molecule has 0 amide bonds. The fourth-order valence-corrected chi connectivity index (χ4v) is 3.26. The Morgan fingerprint density at radius 2 is 2.20 bits per heavy atom. The maximum Gasteiger partial charge on any atom is 0.231 e. The molecule has 0 aromatic heterocycles. The van der Waals surface area contributed by atoms with Crippen LogP contribution < -0.4 is 14.8 Å². The van der Waals surface area contributed by atoms with E-state index in [9.17, 15) is 0 Å². The Hall–Kier alpha value is -0.780. The summed E-state index contributed by atoms with van der Waals surface area (Å²) < 4.78 is 17.5. The van der Waals surface area contributed by atoms with Crippen molar-refractivity contribution in [2.75, 3.05) is 19.9 Å². The third-order valence-electron chi connectivity index (χ3n) is 3.73. The van der Waals surface area contributed by atoms with Gasteiger partial charge in [-0.1, -0.05) is 0 Å². The third-order valence-corrected chi connectivity index (χ3v) is 4.32. The second kappa shape index (κ2) is 6.78. The number of halogens is 1. The first-order chi connectivity index (χ1) is 9.83. The minimum atomic E-state index is 0.309. The summed E-state index contributed by atoms with van der Waals surface area (Å²) in [5.41, 5.74) is 1.20. The molecule has 1 saturated heterocycles. The van der Waals surface area contributed by atoms with Gasteiger partial charge in [0.1, 0.15) is 0 Å². The molecule has 0 saturated carbocycles. The van der Waals surface area contributed by atoms with Gasteiger partial charge in [-0.2, -0.15) is 0 Å². The van der Waals surface area contributed by atoms with Crippen LogP contribution in [0.15, 0.2) is 16.6 Å². The summed E-state index contributed by atoms with van der Waals surface area (Å²) in [6, 6.07) is 4.12. The van der Waals surface area contributed by atoms with Gasteiger partial charge in [0, 0.05) is 13.2 Å². The van der Waals surface area contributed by atoms with Crippen LogP contribution in [0.5, 0.6) is 11.5 Å². The van der Waals surface area contributed by atoms with E-state index >= 15 is 0 Å². The smallest absolute Gasteiger partial charge is 0.231 e. The lowest BCUT2D eigenvalue weighted by Gasteiger charge is -2.22. The molecule has 0 aliphatic carbocycles. The molecule has 1 aromatic rings. The fourth-order valence-electron chi connectivity index (χ4n) is 2.65. The Labute approximate surface area is 127 Å². The minimum absolute atomic E-state index is 0.309. The molecule has 2 heterocycles. The van der Waals surface area contributed by atoms with Gasteiger partial charge in [-0.05, 0) is 65.9 Å². The Kier molecular flexibility index (Phi) is 4.81. The van der Waals surface area contributed by atoms with Gasteiger partial charge < -0.3 is 19.5 Å². The van der Waals surface area contributed by atoms with Crippen LogP contribution >= 0.6 is 15.9 Å². The maximum absolute atomic E-state index is 5.73. The highest BCUT2D eigenvalue weighted by Gasteiger charge is 2.18. The predicted octanol–water partition coefficient (Wildman–Crippen LogP) is 3.23. The summed E-state index contributed by atoms with van der Waals surface area (Å²) in [5, 5.41) is 3.47. The summed E-state index contributed by atoms with van der Waals surface area (Å²) >= 11 is 3.52. The van der Waals surface area contributed by atoms with Gasteiger partial charge in [-0.25, -0.2) is 0 Å². The molecule has 1 fully saturated rings.